The topological polar surface area (TPSA) is 50.9 Å². The normalized spacial score (nSPS) is 25.4. The molecule has 1 heterocycles. The first-order valence-corrected chi connectivity index (χ1v) is 9.76. The highest BCUT2D eigenvalue weighted by Crippen LogP contribution is 2.45. The van der Waals surface area contributed by atoms with E-state index in [1.165, 1.54) is 6.20 Å². The standard InChI is InChI=1S/C21H27F2N3O/c1-13-3-6-18-19(26(13)2)8-7-17(14(11-24)12-25-15-4-5-15)20(18)27-16-9-21(22,23)10-16/h7-8,11-13,15-16H,3-6,9-10,24H2,1-2H3. The SMILES string of the molecule is CC1CCc2c(ccc(C(C=NC3CC3)=CN)c2OC2CC(F)(F)C2)N1C. The first kappa shape index (κ1) is 18.3. The molecule has 4 nitrogen and oxygen atoms in total. The Morgan fingerprint density at radius 2 is 2.04 bits per heavy atom. The van der Waals surface area contributed by atoms with Gasteiger partial charge in [-0.05, 0) is 44.7 Å². The summed E-state index contributed by atoms with van der Waals surface area (Å²) in [5.41, 5.74) is 9.71. The van der Waals surface area contributed by atoms with Gasteiger partial charge in [0, 0.05) is 60.7 Å². The summed E-state index contributed by atoms with van der Waals surface area (Å²) >= 11 is 0. The van der Waals surface area contributed by atoms with E-state index in [0.29, 0.717) is 17.8 Å². The summed E-state index contributed by atoms with van der Waals surface area (Å²) in [5.74, 6) is -1.91. The molecule has 2 saturated carbocycles. The fraction of sp³-hybridized carbons (Fsp3) is 0.571. The van der Waals surface area contributed by atoms with Crippen LogP contribution in [0, 0.1) is 0 Å². The maximum absolute atomic E-state index is 13.3. The molecular formula is C21H27F2N3O. The second-order valence-electron chi connectivity index (χ2n) is 8.07. The molecule has 2 N–H and O–H groups in total. The van der Waals surface area contributed by atoms with E-state index < -0.39 is 12.0 Å². The van der Waals surface area contributed by atoms with Gasteiger partial charge in [0.1, 0.15) is 11.9 Å². The van der Waals surface area contributed by atoms with Gasteiger partial charge in [0.05, 0.1) is 6.04 Å². The minimum atomic E-state index is -2.61. The van der Waals surface area contributed by atoms with Gasteiger partial charge in [-0.2, -0.15) is 0 Å². The lowest BCUT2D eigenvalue weighted by molar-refractivity contribution is -0.134. The number of hydrogen-bond acceptors (Lipinski definition) is 4. The van der Waals surface area contributed by atoms with Crippen molar-refractivity contribution >= 4 is 17.5 Å². The molecule has 0 aromatic heterocycles. The molecule has 1 aromatic rings. The molecule has 2 aliphatic carbocycles. The predicted octanol–water partition coefficient (Wildman–Crippen LogP) is 4.17. The number of rotatable bonds is 5. The highest BCUT2D eigenvalue weighted by atomic mass is 19.3. The maximum Gasteiger partial charge on any atom is 0.255 e. The zero-order valence-electron chi connectivity index (χ0n) is 15.9. The zero-order chi connectivity index (χ0) is 19.2. The van der Waals surface area contributed by atoms with E-state index in [1.807, 2.05) is 6.07 Å². The predicted molar refractivity (Wildman–Crippen MR) is 105 cm³/mol. The number of benzene rings is 1. The van der Waals surface area contributed by atoms with Crippen LogP contribution in [-0.2, 0) is 6.42 Å². The van der Waals surface area contributed by atoms with Crippen LogP contribution in [0.3, 0.4) is 0 Å². The molecule has 1 aliphatic heterocycles. The van der Waals surface area contributed by atoms with Crippen molar-refractivity contribution in [2.24, 2.45) is 10.7 Å². The first-order valence-electron chi connectivity index (χ1n) is 9.76. The molecule has 0 saturated heterocycles. The van der Waals surface area contributed by atoms with Gasteiger partial charge in [-0.3, -0.25) is 4.99 Å². The van der Waals surface area contributed by atoms with Gasteiger partial charge in [0.15, 0.2) is 0 Å². The van der Waals surface area contributed by atoms with Crippen LogP contribution in [0.25, 0.3) is 5.57 Å². The Hall–Kier alpha value is -2.11. The third kappa shape index (κ3) is 3.66. The maximum atomic E-state index is 13.3. The van der Waals surface area contributed by atoms with Crippen molar-refractivity contribution in [3.63, 3.8) is 0 Å². The molecule has 4 rings (SSSR count). The van der Waals surface area contributed by atoms with Crippen molar-refractivity contribution in [1.29, 1.82) is 0 Å². The van der Waals surface area contributed by atoms with Crippen LogP contribution < -0.4 is 15.4 Å². The van der Waals surface area contributed by atoms with Gasteiger partial charge < -0.3 is 15.4 Å². The average molecular weight is 375 g/mol. The highest BCUT2D eigenvalue weighted by Gasteiger charge is 2.47. The number of fused-ring (bicyclic) bond motifs is 1. The lowest BCUT2D eigenvalue weighted by atomic mass is 9.89. The van der Waals surface area contributed by atoms with E-state index in [1.54, 1.807) is 6.21 Å². The van der Waals surface area contributed by atoms with Gasteiger partial charge in [-0.1, -0.05) is 0 Å². The van der Waals surface area contributed by atoms with E-state index >= 15 is 0 Å². The Balaban J connectivity index is 1.71. The second-order valence-corrected chi connectivity index (χ2v) is 8.07. The molecule has 2 fully saturated rings. The Kier molecular flexibility index (Phi) is 4.60. The molecule has 0 bridgehead atoms. The van der Waals surface area contributed by atoms with Gasteiger partial charge in [0.25, 0.3) is 5.92 Å². The lowest BCUT2D eigenvalue weighted by Crippen LogP contribution is -2.43. The van der Waals surface area contributed by atoms with Crippen molar-refractivity contribution in [3.8, 4) is 5.75 Å². The van der Waals surface area contributed by atoms with Crippen molar-refractivity contribution in [3.05, 3.63) is 29.5 Å². The summed E-state index contributed by atoms with van der Waals surface area (Å²) in [7, 11) is 2.07. The van der Waals surface area contributed by atoms with Crippen molar-refractivity contribution in [2.75, 3.05) is 11.9 Å². The van der Waals surface area contributed by atoms with E-state index in [0.717, 1.165) is 48.1 Å². The summed E-state index contributed by atoms with van der Waals surface area (Å²) < 4.78 is 32.8. The fourth-order valence-electron chi connectivity index (χ4n) is 3.80. The molecular weight excluding hydrogens is 348 g/mol. The van der Waals surface area contributed by atoms with E-state index in [9.17, 15) is 8.78 Å². The largest absolute Gasteiger partial charge is 0.489 e. The van der Waals surface area contributed by atoms with Crippen molar-refractivity contribution in [2.45, 2.75) is 69.6 Å². The quantitative estimate of drug-likeness (QED) is 0.786. The van der Waals surface area contributed by atoms with Gasteiger partial charge >= 0.3 is 0 Å². The first-order chi connectivity index (χ1) is 12.9. The van der Waals surface area contributed by atoms with Crippen LogP contribution in [0.1, 0.15) is 50.2 Å². The highest BCUT2D eigenvalue weighted by molar-refractivity contribution is 6.11. The number of anilines is 1. The van der Waals surface area contributed by atoms with Crippen LogP contribution in [-0.4, -0.2) is 37.4 Å². The molecule has 27 heavy (non-hydrogen) atoms. The monoisotopic (exact) mass is 375 g/mol. The Bertz CT molecular complexity index is 778. The van der Waals surface area contributed by atoms with Gasteiger partial charge in [-0.15, -0.1) is 0 Å². The van der Waals surface area contributed by atoms with Crippen LogP contribution in [0.4, 0.5) is 14.5 Å². The van der Waals surface area contributed by atoms with Crippen LogP contribution >= 0.6 is 0 Å². The number of nitrogens with zero attached hydrogens (tertiary/aromatic N) is 2. The average Bonchev–Trinajstić information content (AvgIpc) is 3.42. The Morgan fingerprint density at radius 3 is 2.67 bits per heavy atom. The van der Waals surface area contributed by atoms with Gasteiger partial charge in [-0.25, -0.2) is 8.78 Å². The van der Waals surface area contributed by atoms with Crippen LogP contribution in [0.5, 0.6) is 5.75 Å². The molecule has 3 aliphatic rings. The number of halogens is 2. The fourth-order valence-corrected chi connectivity index (χ4v) is 3.80. The zero-order valence-corrected chi connectivity index (χ0v) is 15.9. The summed E-state index contributed by atoms with van der Waals surface area (Å²) in [5, 5.41) is 0. The number of hydrogen-bond donors (Lipinski definition) is 1. The summed E-state index contributed by atoms with van der Waals surface area (Å²) in [6.45, 7) is 2.19. The minimum absolute atomic E-state index is 0.222. The van der Waals surface area contributed by atoms with Crippen LogP contribution in [0.2, 0.25) is 0 Å². The second kappa shape index (κ2) is 6.80. The summed E-state index contributed by atoms with van der Waals surface area (Å²) in [6, 6.07) is 4.89. The van der Waals surface area contributed by atoms with Gasteiger partial charge in [0.2, 0.25) is 0 Å². The molecule has 1 atom stereocenters. The Labute approximate surface area is 159 Å². The van der Waals surface area contributed by atoms with Crippen LogP contribution in [0.15, 0.2) is 23.3 Å². The van der Waals surface area contributed by atoms with E-state index in [4.69, 9.17) is 10.5 Å². The molecule has 0 amide bonds. The van der Waals surface area contributed by atoms with Crippen molar-refractivity contribution in [1.82, 2.24) is 0 Å². The van der Waals surface area contributed by atoms with E-state index in [2.05, 4.69) is 29.9 Å². The summed E-state index contributed by atoms with van der Waals surface area (Å²) in [6.07, 6.45) is 6.53. The van der Waals surface area contributed by atoms with Crippen molar-refractivity contribution < 1.29 is 13.5 Å². The smallest absolute Gasteiger partial charge is 0.255 e. The molecule has 146 valence electrons. The third-order valence-electron chi connectivity index (χ3n) is 5.89. The molecule has 1 unspecified atom stereocenters. The minimum Gasteiger partial charge on any atom is -0.489 e. The molecule has 1 aromatic carbocycles. The number of nitrogens with two attached hydrogens (primary N) is 1. The summed E-state index contributed by atoms with van der Waals surface area (Å²) in [4.78, 5) is 6.77. The number of allylic oxidation sites excluding steroid dienone is 1. The molecule has 0 spiro atoms. The third-order valence-corrected chi connectivity index (χ3v) is 5.89. The number of ether oxygens (including phenoxy) is 1. The number of aliphatic imine (C=N–C) groups is 1. The number of alkyl halides is 2. The molecule has 6 heteroatoms. The lowest BCUT2D eigenvalue weighted by Gasteiger charge is -2.39. The molecule has 0 radical (unpaired) electrons. The Morgan fingerprint density at radius 1 is 1.30 bits per heavy atom. The van der Waals surface area contributed by atoms with E-state index in [-0.39, 0.29) is 12.8 Å².